The Morgan fingerprint density at radius 2 is 1.81 bits per heavy atom. The second-order valence-electron chi connectivity index (χ2n) is 6.53. The second kappa shape index (κ2) is 7.58. The molecule has 0 unspecified atom stereocenters. The number of aryl methyl sites for hydroxylation is 1. The van der Waals surface area contributed by atoms with Gasteiger partial charge in [0.05, 0.1) is 12.4 Å². The SMILES string of the molecule is CCN(c1ccccc1)c1cnc(C(=O)N2CCCc3ccccc32)cn1. The van der Waals surface area contributed by atoms with Crippen LogP contribution in [0.3, 0.4) is 0 Å². The van der Waals surface area contributed by atoms with Crippen molar-refractivity contribution in [1.29, 1.82) is 0 Å². The van der Waals surface area contributed by atoms with E-state index in [0.717, 1.165) is 36.6 Å². The minimum absolute atomic E-state index is 0.0936. The number of carbonyl (C=O) groups excluding carboxylic acids is 1. The molecular weight excluding hydrogens is 336 g/mol. The maximum Gasteiger partial charge on any atom is 0.278 e. The topological polar surface area (TPSA) is 49.3 Å². The Bertz CT molecular complexity index is 925. The lowest BCUT2D eigenvalue weighted by Crippen LogP contribution is -2.36. The number of hydrogen-bond acceptors (Lipinski definition) is 4. The summed E-state index contributed by atoms with van der Waals surface area (Å²) in [4.78, 5) is 25.8. The first-order chi connectivity index (χ1) is 13.3. The molecule has 0 saturated heterocycles. The number of hydrogen-bond donors (Lipinski definition) is 0. The van der Waals surface area contributed by atoms with Crippen molar-refractivity contribution in [3.05, 3.63) is 78.2 Å². The first-order valence-corrected chi connectivity index (χ1v) is 9.32. The maximum atomic E-state index is 13.0. The molecule has 27 heavy (non-hydrogen) atoms. The highest BCUT2D eigenvalue weighted by atomic mass is 16.2. The molecular formula is C22H22N4O. The van der Waals surface area contributed by atoms with Gasteiger partial charge in [-0.2, -0.15) is 0 Å². The molecule has 5 heteroatoms. The predicted octanol–water partition coefficient (Wildman–Crippen LogP) is 4.23. The lowest BCUT2D eigenvalue weighted by molar-refractivity contribution is 0.0980. The van der Waals surface area contributed by atoms with Crippen molar-refractivity contribution in [2.75, 3.05) is 22.9 Å². The fourth-order valence-corrected chi connectivity index (χ4v) is 3.54. The van der Waals surface area contributed by atoms with E-state index in [2.05, 4.69) is 27.9 Å². The van der Waals surface area contributed by atoms with Crippen LogP contribution >= 0.6 is 0 Å². The summed E-state index contributed by atoms with van der Waals surface area (Å²) in [7, 11) is 0. The molecule has 3 aromatic rings. The van der Waals surface area contributed by atoms with Gasteiger partial charge in [0.2, 0.25) is 0 Å². The average molecular weight is 358 g/mol. The molecule has 0 atom stereocenters. The summed E-state index contributed by atoms with van der Waals surface area (Å²) in [5, 5.41) is 0. The Hall–Kier alpha value is -3.21. The van der Waals surface area contributed by atoms with Crippen LogP contribution in [-0.4, -0.2) is 29.0 Å². The van der Waals surface area contributed by atoms with Crippen LogP contribution in [0.25, 0.3) is 0 Å². The molecule has 2 aromatic carbocycles. The van der Waals surface area contributed by atoms with Crippen LogP contribution < -0.4 is 9.80 Å². The predicted molar refractivity (Wildman–Crippen MR) is 108 cm³/mol. The molecule has 0 aliphatic carbocycles. The van der Waals surface area contributed by atoms with E-state index < -0.39 is 0 Å². The van der Waals surface area contributed by atoms with Crippen LogP contribution in [0, 0.1) is 0 Å². The average Bonchev–Trinajstić information content (AvgIpc) is 2.75. The molecule has 5 nitrogen and oxygen atoms in total. The van der Waals surface area contributed by atoms with Gasteiger partial charge in [-0.1, -0.05) is 36.4 Å². The van der Waals surface area contributed by atoms with E-state index in [9.17, 15) is 4.79 Å². The quantitative estimate of drug-likeness (QED) is 0.700. The van der Waals surface area contributed by atoms with Crippen molar-refractivity contribution >= 4 is 23.1 Å². The van der Waals surface area contributed by atoms with Crippen LogP contribution in [0.5, 0.6) is 0 Å². The van der Waals surface area contributed by atoms with Crippen molar-refractivity contribution in [1.82, 2.24) is 9.97 Å². The summed E-state index contributed by atoms with van der Waals surface area (Å²) < 4.78 is 0. The Kier molecular flexibility index (Phi) is 4.83. The third-order valence-electron chi connectivity index (χ3n) is 4.87. The van der Waals surface area contributed by atoms with E-state index in [0.29, 0.717) is 12.2 Å². The van der Waals surface area contributed by atoms with Crippen LogP contribution in [0.1, 0.15) is 29.4 Å². The van der Waals surface area contributed by atoms with Gasteiger partial charge in [-0.25, -0.2) is 9.97 Å². The third-order valence-corrected chi connectivity index (χ3v) is 4.87. The van der Waals surface area contributed by atoms with Gasteiger partial charge in [-0.05, 0) is 43.5 Å². The first kappa shape index (κ1) is 17.2. The molecule has 0 saturated carbocycles. The number of amides is 1. The van der Waals surface area contributed by atoms with Gasteiger partial charge in [0.1, 0.15) is 5.69 Å². The summed E-state index contributed by atoms with van der Waals surface area (Å²) >= 11 is 0. The summed E-state index contributed by atoms with van der Waals surface area (Å²) in [6.07, 6.45) is 5.24. The monoisotopic (exact) mass is 358 g/mol. The fourth-order valence-electron chi connectivity index (χ4n) is 3.54. The first-order valence-electron chi connectivity index (χ1n) is 9.32. The molecule has 0 N–H and O–H groups in total. The molecule has 2 heterocycles. The zero-order valence-electron chi connectivity index (χ0n) is 15.4. The van der Waals surface area contributed by atoms with Gasteiger partial charge in [0, 0.05) is 24.5 Å². The number of benzene rings is 2. The van der Waals surface area contributed by atoms with E-state index in [1.54, 1.807) is 12.4 Å². The molecule has 0 bridgehead atoms. The van der Waals surface area contributed by atoms with E-state index in [4.69, 9.17) is 0 Å². The number of para-hydroxylation sites is 2. The number of nitrogens with zero attached hydrogens (tertiary/aromatic N) is 4. The molecule has 136 valence electrons. The Balaban J connectivity index is 1.59. The number of anilines is 3. The van der Waals surface area contributed by atoms with Crippen LogP contribution in [-0.2, 0) is 6.42 Å². The van der Waals surface area contributed by atoms with E-state index >= 15 is 0 Å². The van der Waals surface area contributed by atoms with Crippen molar-refractivity contribution in [2.45, 2.75) is 19.8 Å². The summed E-state index contributed by atoms with van der Waals surface area (Å²) in [6.45, 7) is 3.55. The summed E-state index contributed by atoms with van der Waals surface area (Å²) in [6, 6.07) is 18.1. The summed E-state index contributed by atoms with van der Waals surface area (Å²) in [5.41, 5.74) is 3.62. The van der Waals surface area contributed by atoms with Gasteiger partial charge in [-0.15, -0.1) is 0 Å². The summed E-state index contributed by atoms with van der Waals surface area (Å²) in [5.74, 6) is 0.642. The highest BCUT2D eigenvalue weighted by Crippen LogP contribution is 2.28. The molecule has 1 aliphatic heterocycles. The molecule has 1 aliphatic rings. The van der Waals surface area contributed by atoms with E-state index in [1.165, 1.54) is 5.56 Å². The van der Waals surface area contributed by atoms with Crippen LogP contribution in [0.2, 0.25) is 0 Å². The third kappa shape index (κ3) is 3.40. The van der Waals surface area contributed by atoms with Crippen molar-refractivity contribution in [3.8, 4) is 0 Å². The Labute approximate surface area is 159 Å². The van der Waals surface area contributed by atoms with Crippen molar-refractivity contribution in [3.63, 3.8) is 0 Å². The number of carbonyl (C=O) groups is 1. The van der Waals surface area contributed by atoms with Gasteiger partial charge >= 0.3 is 0 Å². The lowest BCUT2D eigenvalue weighted by atomic mass is 10.0. The number of aromatic nitrogens is 2. The van der Waals surface area contributed by atoms with Crippen molar-refractivity contribution < 1.29 is 4.79 Å². The lowest BCUT2D eigenvalue weighted by Gasteiger charge is -2.29. The van der Waals surface area contributed by atoms with Crippen molar-refractivity contribution in [2.24, 2.45) is 0 Å². The number of rotatable bonds is 4. The largest absolute Gasteiger partial charge is 0.325 e. The van der Waals surface area contributed by atoms with Gasteiger partial charge in [0.25, 0.3) is 5.91 Å². The fraction of sp³-hybridized carbons (Fsp3) is 0.227. The number of fused-ring (bicyclic) bond motifs is 1. The highest BCUT2D eigenvalue weighted by Gasteiger charge is 2.24. The minimum Gasteiger partial charge on any atom is -0.325 e. The van der Waals surface area contributed by atoms with E-state index in [-0.39, 0.29) is 5.91 Å². The normalized spacial score (nSPS) is 13.1. The molecule has 0 spiro atoms. The standard InChI is InChI=1S/C22H22N4O/c1-2-25(18-11-4-3-5-12-18)21-16-23-19(15-24-21)22(27)26-14-8-10-17-9-6-7-13-20(17)26/h3-7,9,11-13,15-16H,2,8,10,14H2,1H3. The van der Waals surface area contributed by atoms with Crippen LogP contribution in [0.15, 0.2) is 67.0 Å². The molecule has 1 aromatic heterocycles. The molecule has 1 amide bonds. The molecule has 4 rings (SSSR count). The van der Waals surface area contributed by atoms with E-state index in [1.807, 2.05) is 53.4 Å². The zero-order valence-corrected chi connectivity index (χ0v) is 15.4. The maximum absolute atomic E-state index is 13.0. The zero-order chi connectivity index (χ0) is 18.6. The minimum atomic E-state index is -0.0936. The van der Waals surface area contributed by atoms with Crippen LogP contribution in [0.4, 0.5) is 17.2 Å². The van der Waals surface area contributed by atoms with Gasteiger partial charge in [-0.3, -0.25) is 4.79 Å². The molecule has 0 radical (unpaired) electrons. The second-order valence-corrected chi connectivity index (χ2v) is 6.53. The Morgan fingerprint density at radius 1 is 1.04 bits per heavy atom. The highest BCUT2D eigenvalue weighted by molar-refractivity contribution is 6.05. The Morgan fingerprint density at radius 3 is 2.56 bits per heavy atom. The smallest absolute Gasteiger partial charge is 0.278 e. The van der Waals surface area contributed by atoms with Gasteiger partial charge in [0.15, 0.2) is 5.82 Å². The molecule has 0 fully saturated rings. The van der Waals surface area contributed by atoms with Gasteiger partial charge < -0.3 is 9.80 Å².